The first kappa shape index (κ1) is 17.6. The van der Waals surface area contributed by atoms with E-state index in [0.29, 0.717) is 5.57 Å². The molecular weight excluding hydrogens is 252 g/mol. The average molecular weight is 272 g/mol. The smallest absolute Gasteiger partial charge is 0.328 e. The zero-order valence-electron chi connectivity index (χ0n) is 12.0. The van der Waals surface area contributed by atoms with Crippen LogP contribution in [-0.2, 0) is 9.59 Å². The molecule has 3 nitrogen and oxygen atoms in total. The molecule has 1 N–H and O–H groups in total. The Morgan fingerprint density at radius 1 is 0.750 bits per heavy atom. The van der Waals surface area contributed by atoms with Gasteiger partial charge in [-0.05, 0) is 26.3 Å². The zero-order chi connectivity index (χ0) is 15.4. The molecule has 20 heavy (non-hydrogen) atoms. The summed E-state index contributed by atoms with van der Waals surface area (Å²) in [6, 6.07) is 0. The lowest BCUT2D eigenvalue weighted by Crippen LogP contribution is -1.85. The van der Waals surface area contributed by atoms with Gasteiger partial charge in [-0.2, -0.15) is 0 Å². The van der Waals surface area contributed by atoms with Crippen LogP contribution in [0, 0.1) is 0 Å². The van der Waals surface area contributed by atoms with E-state index in [0.717, 1.165) is 23.5 Å². The van der Waals surface area contributed by atoms with Crippen molar-refractivity contribution in [3.05, 3.63) is 71.4 Å². The Morgan fingerprint density at radius 3 is 1.80 bits per heavy atom. The number of aliphatic carboxylic acids is 1. The second kappa shape index (κ2) is 10.5. The van der Waals surface area contributed by atoms with E-state index < -0.39 is 5.97 Å². The first-order valence-corrected chi connectivity index (χ1v) is 6.18. The molecule has 0 aliphatic carbocycles. The largest absolute Gasteiger partial charge is 0.478 e. The summed E-state index contributed by atoms with van der Waals surface area (Å²) in [5.74, 6) is -0.957. The van der Waals surface area contributed by atoms with Crippen molar-refractivity contribution < 1.29 is 14.7 Å². The Labute approximate surface area is 120 Å². The third-order valence-electron chi connectivity index (χ3n) is 2.22. The molecule has 0 aromatic carbocycles. The highest BCUT2D eigenvalue weighted by Gasteiger charge is 1.85. The van der Waals surface area contributed by atoms with E-state index in [-0.39, 0.29) is 0 Å². The summed E-state index contributed by atoms with van der Waals surface area (Å²) in [7, 11) is 0. The van der Waals surface area contributed by atoms with Gasteiger partial charge in [0.25, 0.3) is 0 Å². The summed E-state index contributed by atoms with van der Waals surface area (Å²) in [5, 5.41) is 8.48. The fourth-order valence-corrected chi connectivity index (χ4v) is 1.12. The van der Waals surface area contributed by atoms with Gasteiger partial charge < -0.3 is 5.11 Å². The molecule has 0 rings (SSSR count). The van der Waals surface area contributed by atoms with Crippen molar-refractivity contribution in [3.63, 3.8) is 0 Å². The lowest BCUT2D eigenvalue weighted by Gasteiger charge is -1.89. The first-order chi connectivity index (χ1) is 9.45. The van der Waals surface area contributed by atoms with Crippen molar-refractivity contribution in [1.82, 2.24) is 0 Å². The topological polar surface area (TPSA) is 54.4 Å². The van der Waals surface area contributed by atoms with Gasteiger partial charge in [0.2, 0.25) is 0 Å². The molecule has 0 aromatic rings. The second-order valence-electron chi connectivity index (χ2n) is 4.27. The van der Waals surface area contributed by atoms with Crippen molar-refractivity contribution in [2.24, 2.45) is 0 Å². The Kier molecular flexibility index (Phi) is 9.23. The van der Waals surface area contributed by atoms with Crippen LogP contribution in [0.5, 0.6) is 0 Å². The summed E-state index contributed by atoms with van der Waals surface area (Å²) >= 11 is 0. The van der Waals surface area contributed by atoms with Crippen molar-refractivity contribution in [2.45, 2.75) is 20.8 Å². The molecule has 0 aromatic heterocycles. The SMILES string of the molecule is C\C(C=O)=C/C=C/C=C(C)/C=C/C=C(C)/C=C/C(=O)O. The minimum absolute atomic E-state index is 0.673. The van der Waals surface area contributed by atoms with Gasteiger partial charge in [-0.15, -0.1) is 0 Å². The van der Waals surface area contributed by atoms with E-state index in [1.165, 1.54) is 0 Å². The summed E-state index contributed by atoms with van der Waals surface area (Å²) in [4.78, 5) is 20.7. The molecular formula is C17H20O3. The molecule has 0 atom stereocenters. The number of rotatable bonds is 7. The quantitative estimate of drug-likeness (QED) is 0.436. The van der Waals surface area contributed by atoms with Crippen LogP contribution in [0.2, 0.25) is 0 Å². The van der Waals surface area contributed by atoms with Gasteiger partial charge in [0.1, 0.15) is 6.29 Å². The third kappa shape index (κ3) is 10.7. The average Bonchev–Trinajstić information content (AvgIpc) is 2.41. The van der Waals surface area contributed by atoms with E-state index in [9.17, 15) is 9.59 Å². The number of carboxylic acid groups (broad SMARTS) is 1. The molecule has 0 aliphatic heterocycles. The Hall–Kier alpha value is -2.42. The Morgan fingerprint density at radius 2 is 1.25 bits per heavy atom. The van der Waals surface area contributed by atoms with Crippen LogP contribution in [0.3, 0.4) is 0 Å². The highest BCUT2D eigenvalue weighted by atomic mass is 16.4. The number of carboxylic acids is 1. The third-order valence-corrected chi connectivity index (χ3v) is 2.22. The highest BCUT2D eigenvalue weighted by molar-refractivity contribution is 5.80. The lowest BCUT2D eigenvalue weighted by atomic mass is 10.2. The van der Waals surface area contributed by atoms with Gasteiger partial charge in [-0.25, -0.2) is 4.79 Å². The number of carbonyl (C=O) groups is 2. The molecule has 0 amide bonds. The van der Waals surface area contributed by atoms with E-state index in [1.54, 1.807) is 25.2 Å². The molecule has 0 saturated carbocycles. The normalized spacial score (nSPS) is 14.7. The minimum atomic E-state index is -0.957. The maximum absolute atomic E-state index is 10.4. The summed E-state index contributed by atoms with van der Waals surface area (Å²) in [6.45, 7) is 5.52. The number of aldehydes is 1. The molecule has 0 spiro atoms. The fourth-order valence-electron chi connectivity index (χ4n) is 1.12. The lowest BCUT2D eigenvalue weighted by molar-refractivity contribution is -0.131. The summed E-state index contributed by atoms with van der Waals surface area (Å²) in [5.41, 5.74) is 2.58. The number of carbonyl (C=O) groups excluding carboxylic acids is 1. The van der Waals surface area contributed by atoms with E-state index >= 15 is 0 Å². The molecule has 0 unspecified atom stereocenters. The molecule has 0 heterocycles. The summed E-state index contributed by atoms with van der Waals surface area (Å²) in [6.07, 6.45) is 16.4. The van der Waals surface area contributed by atoms with Crippen molar-refractivity contribution >= 4 is 12.3 Å². The van der Waals surface area contributed by atoms with Crippen molar-refractivity contribution in [1.29, 1.82) is 0 Å². The predicted molar refractivity (Wildman–Crippen MR) is 82.4 cm³/mol. The van der Waals surface area contributed by atoms with E-state index in [1.807, 2.05) is 44.2 Å². The van der Waals surface area contributed by atoms with Gasteiger partial charge in [0.05, 0.1) is 0 Å². The number of hydrogen-bond acceptors (Lipinski definition) is 2. The highest BCUT2D eigenvalue weighted by Crippen LogP contribution is 2.00. The van der Waals surface area contributed by atoms with Crippen LogP contribution in [0.4, 0.5) is 0 Å². The maximum Gasteiger partial charge on any atom is 0.328 e. The molecule has 0 radical (unpaired) electrons. The molecule has 106 valence electrons. The molecule has 0 aliphatic rings. The summed E-state index contributed by atoms with van der Waals surface area (Å²) < 4.78 is 0. The minimum Gasteiger partial charge on any atom is -0.478 e. The molecule has 3 heteroatoms. The van der Waals surface area contributed by atoms with Crippen LogP contribution in [0.25, 0.3) is 0 Å². The monoisotopic (exact) mass is 272 g/mol. The van der Waals surface area contributed by atoms with Gasteiger partial charge in [-0.1, -0.05) is 59.8 Å². The van der Waals surface area contributed by atoms with Crippen LogP contribution in [0.1, 0.15) is 20.8 Å². The Bertz CT molecular complexity index is 512. The molecule has 0 saturated heterocycles. The standard InChI is InChI=1S/C17H20O3/c1-14(7-4-5-8-16(3)13-18)9-6-10-15(2)11-12-17(19)20/h4-13H,1-3H3,(H,19,20)/b5-4+,9-6+,12-11+,14-7+,15-10+,16-8+. The van der Waals surface area contributed by atoms with Gasteiger partial charge in [-0.3, -0.25) is 4.79 Å². The Balaban J connectivity index is 4.49. The van der Waals surface area contributed by atoms with Gasteiger partial charge >= 0.3 is 5.97 Å². The number of allylic oxidation sites excluding steroid dienone is 11. The van der Waals surface area contributed by atoms with Gasteiger partial charge in [0.15, 0.2) is 0 Å². The van der Waals surface area contributed by atoms with Crippen LogP contribution < -0.4 is 0 Å². The second-order valence-corrected chi connectivity index (χ2v) is 4.27. The van der Waals surface area contributed by atoms with Crippen molar-refractivity contribution in [2.75, 3.05) is 0 Å². The van der Waals surface area contributed by atoms with Crippen molar-refractivity contribution in [3.8, 4) is 0 Å². The maximum atomic E-state index is 10.4. The van der Waals surface area contributed by atoms with Gasteiger partial charge in [0, 0.05) is 6.08 Å². The first-order valence-electron chi connectivity index (χ1n) is 6.18. The van der Waals surface area contributed by atoms with E-state index in [2.05, 4.69) is 0 Å². The predicted octanol–water partition coefficient (Wildman–Crippen LogP) is 3.78. The van der Waals surface area contributed by atoms with E-state index in [4.69, 9.17) is 5.11 Å². The van der Waals surface area contributed by atoms with Crippen LogP contribution in [0.15, 0.2) is 71.4 Å². The number of hydrogen-bond donors (Lipinski definition) is 1. The zero-order valence-corrected chi connectivity index (χ0v) is 12.0. The molecule has 0 fully saturated rings. The molecule has 0 bridgehead atoms. The fraction of sp³-hybridized carbons (Fsp3) is 0.176. The van der Waals surface area contributed by atoms with Crippen LogP contribution in [-0.4, -0.2) is 17.4 Å². The van der Waals surface area contributed by atoms with Crippen LogP contribution >= 0.6 is 0 Å².